The summed E-state index contributed by atoms with van der Waals surface area (Å²) >= 11 is 6.15. The van der Waals surface area contributed by atoms with Crippen LogP contribution in [0.5, 0.6) is 0 Å². The van der Waals surface area contributed by atoms with Crippen LogP contribution in [0.1, 0.15) is 15.9 Å². The Labute approximate surface area is 188 Å². The smallest absolute Gasteiger partial charge is 0.253 e. The Morgan fingerprint density at radius 3 is 2.23 bits per heavy atom. The average Bonchev–Trinajstić information content (AvgIpc) is 2.81. The lowest BCUT2D eigenvalue weighted by molar-refractivity contribution is 0.0730. The molecule has 0 unspecified atom stereocenters. The molecular weight excluding hydrogens is 438 g/mol. The quantitative estimate of drug-likeness (QED) is 0.697. The number of piperazine rings is 1. The maximum absolute atomic E-state index is 12.9. The van der Waals surface area contributed by atoms with Crippen molar-refractivity contribution in [3.05, 3.63) is 58.6 Å². The van der Waals surface area contributed by atoms with Crippen molar-refractivity contribution >= 4 is 33.2 Å². The van der Waals surface area contributed by atoms with E-state index in [1.807, 2.05) is 23.1 Å². The number of hydrogen-bond acceptors (Lipinski definition) is 5. The van der Waals surface area contributed by atoms with Crippen LogP contribution in [-0.2, 0) is 14.8 Å². The normalized spacial score (nSPS) is 18.3. The van der Waals surface area contributed by atoms with Gasteiger partial charge in [-0.05, 0) is 48.9 Å². The van der Waals surface area contributed by atoms with Gasteiger partial charge in [0.05, 0.1) is 18.1 Å². The number of ether oxygens (including phenoxy) is 1. The highest BCUT2D eigenvalue weighted by Crippen LogP contribution is 2.26. The van der Waals surface area contributed by atoms with Gasteiger partial charge in [-0.15, -0.1) is 0 Å². The number of carbonyl (C=O) groups excluding carboxylic acids is 1. The maximum atomic E-state index is 12.9. The van der Waals surface area contributed by atoms with Crippen LogP contribution in [-0.4, -0.2) is 76.0 Å². The molecule has 2 fully saturated rings. The zero-order valence-corrected chi connectivity index (χ0v) is 19.0. The zero-order chi connectivity index (χ0) is 22.0. The van der Waals surface area contributed by atoms with E-state index in [4.69, 9.17) is 16.3 Å². The van der Waals surface area contributed by atoms with Crippen molar-refractivity contribution in [3.63, 3.8) is 0 Å². The predicted molar refractivity (Wildman–Crippen MR) is 120 cm³/mol. The Bertz CT molecular complexity index is 1040. The van der Waals surface area contributed by atoms with Gasteiger partial charge in [-0.1, -0.05) is 17.7 Å². The fraction of sp³-hybridized carbons (Fsp3) is 0.409. The number of rotatable bonds is 4. The summed E-state index contributed by atoms with van der Waals surface area (Å²) in [7, 11) is -3.56. The highest BCUT2D eigenvalue weighted by molar-refractivity contribution is 7.89. The van der Waals surface area contributed by atoms with Crippen molar-refractivity contribution in [2.24, 2.45) is 0 Å². The predicted octanol–water partition coefficient (Wildman–Crippen LogP) is 2.63. The summed E-state index contributed by atoms with van der Waals surface area (Å²) in [6.45, 7) is 6.17. The van der Waals surface area contributed by atoms with Gasteiger partial charge in [0, 0.05) is 55.5 Å². The first-order chi connectivity index (χ1) is 14.9. The zero-order valence-electron chi connectivity index (χ0n) is 17.5. The lowest BCUT2D eigenvalue weighted by Crippen LogP contribution is -2.49. The van der Waals surface area contributed by atoms with Crippen LogP contribution in [0.25, 0.3) is 0 Å². The number of anilines is 1. The van der Waals surface area contributed by atoms with Gasteiger partial charge in [-0.2, -0.15) is 4.31 Å². The van der Waals surface area contributed by atoms with Crippen LogP contribution >= 0.6 is 11.6 Å². The van der Waals surface area contributed by atoms with Crippen LogP contribution in [0.15, 0.2) is 47.4 Å². The van der Waals surface area contributed by atoms with E-state index < -0.39 is 10.0 Å². The molecule has 0 spiro atoms. The van der Waals surface area contributed by atoms with E-state index in [2.05, 4.69) is 11.8 Å². The number of hydrogen-bond donors (Lipinski definition) is 0. The molecule has 0 N–H and O–H groups in total. The monoisotopic (exact) mass is 463 g/mol. The number of aryl methyl sites for hydroxylation is 1. The van der Waals surface area contributed by atoms with Crippen molar-refractivity contribution in [3.8, 4) is 0 Å². The topological polar surface area (TPSA) is 70.2 Å². The van der Waals surface area contributed by atoms with Gasteiger partial charge in [0.1, 0.15) is 0 Å². The van der Waals surface area contributed by atoms with Crippen molar-refractivity contribution < 1.29 is 17.9 Å². The highest BCUT2D eigenvalue weighted by Gasteiger charge is 2.27. The second-order valence-electron chi connectivity index (χ2n) is 7.75. The molecule has 166 valence electrons. The van der Waals surface area contributed by atoms with E-state index in [1.54, 1.807) is 12.1 Å². The van der Waals surface area contributed by atoms with Crippen molar-refractivity contribution in [1.82, 2.24) is 9.21 Å². The number of carbonyl (C=O) groups is 1. The molecule has 0 atom stereocenters. The number of halogens is 1. The molecule has 7 nitrogen and oxygen atoms in total. The first-order valence-corrected chi connectivity index (χ1v) is 12.2. The third-order valence-electron chi connectivity index (χ3n) is 5.79. The Kier molecular flexibility index (Phi) is 6.52. The summed E-state index contributed by atoms with van der Waals surface area (Å²) < 4.78 is 32.2. The molecule has 1 amide bonds. The van der Waals surface area contributed by atoms with Crippen LogP contribution in [0, 0.1) is 6.92 Å². The maximum Gasteiger partial charge on any atom is 0.253 e. The molecule has 2 heterocycles. The lowest BCUT2D eigenvalue weighted by atomic mass is 10.1. The molecule has 2 aromatic carbocycles. The molecular formula is C22H26ClN3O4S. The fourth-order valence-corrected chi connectivity index (χ4v) is 5.54. The summed E-state index contributed by atoms with van der Waals surface area (Å²) in [6.07, 6.45) is 0. The summed E-state index contributed by atoms with van der Waals surface area (Å²) in [4.78, 5) is 17.2. The molecule has 2 aliphatic heterocycles. The van der Waals surface area contributed by atoms with E-state index in [9.17, 15) is 13.2 Å². The van der Waals surface area contributed by atoms with Crippen molar-refractivity contribution in [2.45, 2.75) is 11.8 Å². The minimum atomic E-state index is -3.56. The molecule has 0 radical (unpaired) electrons. The second kappa shape index (κ2) is 9.16. The van der Waals surface area contributed by atoms with E-state index >= 15 is 0 Å². The lowest BCUT2D eigenvalue weighted by Gasteiger charge is -2.37. The molecule has 4 rings (SSSR count). The fourth-order valence-electron chi connectivity index (χ4n) is 3.96. The Morgan fingerprint density at radius 2 is 1.58 bits per heavy atom. The van der Waals surface area contributed by atoms with Gasteiger partial charge in [0.2, 0.25) is 10.0 Å². The Morgan fingerprint density at radius 1 is 0.935 bits per heavy atom. The molecule has 2 saturated heterocycles. The van der Waals surface area contributed by atoms with E-state index in [1.165, 1.54) is 16.4 Å². The van der Waals surface area contributed by atoms with Crippen LogP contribution in [0.2, 0.25) is 5.02 Å². The molecule has 0 bridgehead atoms. The average molecular weight is 464 g/mol. The van der Waals surface area contributed by atoms with Crippen LogP contribution in [0.3, 0.4) is 0 Å². The van der Waals surface area contributed by atoms with Gasteiger partial charge < -0.3 is 14.5 Å². The summed E-state index contributed by atoms with van der Waals surface area (Å²) in [5.41, 5.74) is 2.74. The van der Waals surface area contributed by atoms with E-state index in [0.717, 1.165) is 24.3 Å². The molecule has 0 aliphatic carbocycles. The number of amides is 1. The molecule has 0 saturated carbocycles. The summed E-state index contributed by atoms with van der Waals surface area (Å²) in [5.74, 6) is -0.0854. The summed E-state index contributed by atoms with van der Waals surface area (Å²) in [5, 5.41) is 0.700. The molecule has 2 aromatic rings. The first-order valence-electron chi connectivity index (χ1n) is 10.3. The number of sulfonamides is 1. The van der Waals surface area contributed by atoms with E-state index in [-0.39, 0.29) is 10.8 Å². The van der Waals surface area contributed by atoms with Gasteiger partial charge in [0.25, 0.3) is 5.91 Å². The number of benzene rings is 2. The van der Waals surface area contributed by atoms with Gasteiger partial charge in [-0.3, -0.25) is 4.79 Å². The van der Waals surface area contributed by atoms with Gasteiger partial charge >= 0.3 is 0 Å². The standard InChI is InChI=1S/C22H26ClN3O4S/c1-17-2-5-19(23)16-21(17)24-8-10-25(11-9-24)22(27)18-3-6-20(7-4-18)31(28,29)26-12-14-30-15-13-26/h2-7,16H,8-15H2,1H3. The van der Waals surface area contributed by atoms with Crippen molar-refractivity contribution in [1.29, 1.82) is 0 Å². The molecule has 0 aromatic heterocycles. The summed E-state index contributed by atoms with van der Waals surface area (Å²) in [6, 6.07) is 12.1. The molecule has 31 heavy (non-hydrogen) atoms. The largest absolute Gasteiger partial charge is 0.379 e. The number of nitrogens with zero attached hydrogens (tertiary/aromatic N) is 3. The van der Waals surface area contributed by atoms with Crippen LogP contribution in [0.4, 0.5) is 5.69 Å². The van der Waals surface area contributed by atoms with Crippen LogP contribution < -0.4 is 4.90 Å². The number of morpholine rings is 1. The third-order valence-corrected chi connectivity index (χ3v) is 7.94. The van der Waals surface area contributed by atoms with Gasteiger partial charge in [0.15, 0.2) is 0 Å². The first kappa shape index (κ1) is 22.1. The van der Waals surface area contributed by atoms with E-state index in [0.29, 0.717) is 50.0 Å². The Balaban J connectivity index is 1.41. The third kappa shape index (κ3) is 4.72. The molecule has 2 aliphatic rings. The SMILES string of the molecule is Cc1ccc(Cl)cc1N1CCN(C(=O)c2ccc(S(=O)(=O)N3CCOCC3)cc2)CC1. The minimum absolute atomic E-state index is 0.0854. The second-order valence-corrected chi connectivity index (χ2v) is 10.1. The molecule has 9 heteroatoms. The van der Waals surface area contributed by atoms with Gasteiger partial charge in [-0.25, -0.2) is 8.42 Å². The highest BCUT2D eigenvalue weighted by atomic mass is 35.5. The Hall–Kier alpha value is -2.13. The minimum Gasteiger partial charge on any atom is -0.379 e. The van der Waals surface area contributed by atoms with Crippen molar-refractivity contribution in [2.75, 3.05) is 57.4 Å².